The molecule has 3 nitrogen and oxygen atoms in total. The maximum absolute atomic E-state index is 13.5. The first-order valence-electron chi connectivity index (χ1n) is 6.37. The van der Waals surface area contributed by atoms with Crippen LogP contribution in [0.3, 0.4) is 0 Å². The Kier molecular flexibility index (Phi) is 4.14. The molecule has 1 N–H and O–H groups in total. The van der Waals surface area contributed by atoms with Crippen LogP contribution in [0.5, 0.6) is 0 Å². The number of halogens is 2. The SMILES string of the molecule is CC1CN(C(=O)Cc2cccc(F)c2F)CCC1O. The largest absolute Gasteiger partial charge is 0.393 e. The quantitative estimate of drug-likeness (QED) is 0.888. The van der Waals surface area contributed by atoms with Crippen molar-refractivity contribution in [2.45, 2.75) is 25.9 Å². The van der Waals surface area contributed by atoms with Gasteiger partial charge in [-0.1, -0.05) is 19.1 Å². The van der Waals surface area contributed by atoms with Gasteiger partial charge in [0.15, 0.2) is 11.6 Å². The fourth-order valence-corrected chi connectivity index (χ4v) is 2.32. The Balaban J connectivity index is 2.03. The van der Waals surface area contributed by atoms with Crippen molar-refractivity contribution in [2.75, 3.05) is 13.1 Å². The van der Waals surface area contributed by atoms with Crippen LogP contribution >= 0.6 is 0 Å². The van der Waals surface area contributed by atoms with E-state index in [2.05, 4.69) is 0 Å². The average molecular weight is 269 g/mol. The van der Waals surface area contributed by atoms with Crippen LogP contribution in [0, 0.1) is 17.6 Å². The molecular formula is C14H17F2NO2. The number of hydrogen-bond donors (Lipinski definition) is 1. The summed E-state index contributed by atoms with van der Waals surface area (Å²) < 4.78 is 26.5. The summed E-state index contributed by atoms with van der Waals surface area (Å²) in [5.41, 5.74) is 0.0729. The lowest BCUT2D eigenvalue weighted by Crippen LogP contribution is -2.45. The van der Waals surface area contributed by atoms with Gasteiger partial charge in [-0.15, -0.1) is 0 Å². The Bertz CT molecular complexity index is 479. The van der Waals surface area contributed by atoms with Crippen LogP contribution in [-0.2, 0) is 11.2 Å². The first-order valence-corrected chi connectivity index (χ1v) is 6.37. The molecule has 1 heterocycles. The van der Waals surface area contributed by atoms with Crippen LogP contribution in [0.1, 0.15) is 18.9 Å². The number of carbonyl (C=O) groups is 1. The second-order valence-corrected chi connectivity index (χ2v) is 5.06. The summed E-state index contributed by atoms with van der Waals surface area (Å²) in [5.74, 6) is -2.12. The van der Waals surface area contributed by atoms with Gasteiger partial charge in [-0.05, 0) is 18.4 Å². The molecular weight excluding hydrogens is 252 g/mol. The van der Waals surface area contributed by atoms with Crippen LogP contribution in [0.4, 0.5) is 8.78 Å². The molecule has 0 aliphatic carbocycles. The van der Waals surface area contributed by atoms with Crippen molar-refractivity contribution in [3.63, 3.8) is 0 Å². The summed E-state index contributed by atoms with van der Waals surface area (Å²) in [7, 11) is 0. The Labute approximate surface area is 110 Å². The van der Waals surface area contributed by atoms with E-state index in [1.165, 1.54) is 12.1 Å². The number of aliphatic hydroxyl groups is 1. The van der Waals surface area contributed by atoms with Crippen LogP contribution in [0.25, 0.3) is 0 Å². The van der Waals surface area contributed by atoms with Crippen molar-refractivity contribution in [3.05, 3.63) is 35.4 Å². The van der Waals surface area contributed by atoms with Gasteiger partial charge >= 0.3 is 0 Å². The minimum atomic E-state index is -0.957. The number of aliphatic hydroxyl groups excluding tert-OH is 1. The van der Waals surface area contributed by atoms with E-state index in [9.17, 15) is 18.7 Å². The van der Waals surface area contributed by atoms with Gasteiger partial charge in [-0.3, -0.25) is 4.79 Å². The summed E-state index contributed by atoms with van der Waals surface area (Å²) in [5, 5.41) is 9.60. The van der Waals surface area contributed by atoms with E-state index in [0.717, 1.165) is 6.07 Å². The second kappa shape index (κ2) is 5.65. The molecule has 1 aliphatic rings. The predicted octanol–water partition coefficient (Wildman–Crippen LogP) is 1.74. The number of amides is 1. The zero-order valence-corrected chi connectivity index (χ0v) is 10.8. The lowest BCUT2D eigenvalue weighted by Gasteiger charge is -2.34. The smallest absolute Gasteiger partial charge is 0.227 e. The van der Waals surface area contributed by atoms with Gasteiger partial charge in [-0.25, -0.2) is 8.78 Å². The Hall–Kier alpha value is -1.49. The van der Waals surface area contributed by atoms with E-state index >= 15 is 0 Å². The molecule has 0 spiro atoms. The van der Waals surface area contributed by atoms with E-state index in [-0.39, 0.29) is 23.8 Å². The van der Waals surface area contributed by atoms with Gasteiger partial charge in [0.1, 0.15) is 0 Å². The first-order chi connectivity index (χ1) is 8.99. The number of piperidine rings is 1. The van der Waals surface area contributed by atoms with E-state index < -0.39 is 17.7 Å². The van der Waals surface area contributed by atoms with Crippen molar-refractivity contribution < 1.29 is 18.7 Å². The molecule has 1 aromatic rings. The molecule has 0 saturated carbocycles. The fraction of sp³-hybridized carbons (Fsp3) is 0.500. The maximum Gasteiger partial charge on any atom is 0.227 e. The van der Waals surface area contributed by atoms with Crippen molar-refractivity contribution in [1.82, 2.24) is 4.90 Å². The summed E-state index contributed by atoms with van der Waals surface area (Å²) in [4.78, 5) is 13.6. The van der Waals surface area contributed by atoms with Crippen molar-refractivity contribution in [3.8, 4) is 0 Å². The van der Waals surface area contributed by atoms with Crippen molar-refractivity contribution in [2.24, 2.45) is 5.92 Å². The average Bonchev–Trinajstić information content (AvgIpc) is 2.38. The van der Waals surface area contributed by atoms with Gasteiger partial charge < -0.3 is 10.0 Å². The molecule has 0 aromatic heterocycles. The molecule has 2 unspecified atom stereocenters. The molecule has 104 valence electrons. The van der Waals surface area contributed by atoms with Gasteiger partial charge in [0.2, 0.25) is 5.91 Å². The highest BCUT2D eigenvalue weighted by Gasteiger charge is 2.27. The minimum Gasteiger partial charge on any atom is -0.393 e. The number of rotatable bonds is 2. The number of nitrogens with zero attached hydrogens (tertiary/aromatic N) is 1. The first kappa shape index (κ1) is 13.9. The lowest BCUT2D eigenvalue weighted by molar-refractivity contribution is -0.134. The predicted molar refractivity (Wildman–Crippen MR) is 66.4 cm³/mol. The van der Waals surface area contributed by atoms with Gasteiger partial charge in [-0.2, -0.15) is 0 Å². The van der Waals surface area contributed by atoms with Crippen molar-refractivity contribution in [1.29, 1.82) is 0 Å². The maximum atomic E-state index is 13.5. The molecule has 1 fully saturated rings. The molecule has 1 amide bonds. The zero-order valence-electron chi connectivity index (χ0n) is 10.8. The van der Waals surface area contributed by atoms with E-state index in [1.807, 2.05) is 6.92 Å². The van der Waals surface area contributed by atoms with Crippen molar-refractivity contribution >= 4 is 5.91 Å². The minimum absolute atomic E-state index is 0.00931. The van der Waals surface area contributed by atoms with Crippen LogP contribution in [0.2, 0.25) is 0 Å². The summed E-state index contributed by atoms with van der Waals surface area (Å²) in [6, 6.07) is 3.84. The topological polar surface area (TPSA) is 40.5 Å². The molecule has 1 aliphatic heterocycles. The van der Waals surface area contributed by atoms with Crippen LogP contribution < -0.4 is 0 Å². The number of benzene rings is 1. The molecule has 2 atom stereocenters. The standard InChI is InChI=1S/C14H17F2NO2/c1-9-8-17(6-5-12(9)18)13(19)7-10-3-2-4-11(15)14(10)16/h2-4,9,12,18H,5-8H2,1H3. The fourth-order valence-electron chi connectivity index (χ4n) is 2.32. The summed E-state index contributed by atoms with van der Waals surface area (Å²) in [6.07, 6.45) is -0.0137. The number of likely N-dealkylation sites (tertiary alicyclic amines) is 1. The van der Waals surface area contributed by atoms with Gasteiger partial charge in [0, 0.05) is 18.7 Å². The molecule has 0 radical (unpaired) electrons. The Morgan fingerprint density at radius 1 is 1.47 bits per heavy atom. The highest BCUT2D eigenvalue weighted by molar-refractivity contribution is 5.79. The summed E-state index contributed by atoms with van der Waals surface area (Å²) in [6.45, 7) is 2.78. The van der Waals surface area contributed by atoms with Gasteiger partial charge in [0.25, 0.3) is 0 Å². The Morgan fingerprint density at radius 3 is 2.89 bits per heavy atom. The highest BCUT2D eigenvalue weighted by atomic mass is 19.2. The molecule has 2 rings (SSSR count). The third kappa shape index (κ3) is 3.10. The molecule has 1 aromatic carbocycles. The van der Waals surface area contributed by atoms with E-state index in [1.54, 1.807) is 4.90 Å². The van der Waals surface area contributed by atoms with Crippen LogP contribution in [-0.4, -0.2) is 35.1 Å². The van der Waals surface area contributed by atoms with E-state index in [4.69, 9.17) is 0 Å². The monoisotopic (exact) mass is 269 g/mol. The van der Waals surface area contributed by atoms with Crippen LogP contribution in [0.15, 0.2) is 18.2 Å². The molecule has 19 heavy (non-hydrogen) atoms. The zero-order chi connectivity index (χ0) is 14.0. The highest BCUT2D eigenvalue weighted by Crippen LogP contribution is 2.18. The summed E-state index contributed by atoms with van der Waals surface area (Å²) >= 11 is 0. The third-order valence-corrected chi connectivity index (χ3v) is 3.59. The molecule has 1 saturated heterocycles. The lowest BCUT2D eigenvalue weighted by atomic mass is 9.96. The van der Waals surface area contributed by atoms with E-state index in [0.29, 0.717) is 19.5 Å². The third-order valence-electron chi connectivity index (χ3n) is 3.59. The molecule has 5 heteroatoms. The Morgan fingerprint density at radius 2 is 2.21 bits per heavy atom. The number of carbonyl (C=O) groups excluding carboxylic acids is 1. The number of hydrogen-bond acceptors (Lipinski definition) is 2. The normalized spacial score (nSPS) is 23.5. The van der Waals surface area contributed by atoms with Gasteiger partial charge in [0.05, 0.1) is 12.5 Å². The molecule has 0 bridgehead atoms. The second-order valence-electron chi connectivity index (χ2n) is 5.06.